The lowest BCUT2D eigenvalue weighted by Crippen LogP contribution is -2.29. The van der Waals surface area contributed by atoms with Crippen molar-refractivity contribution in [3.05, 3.63) is 22.7 Å². The van der Waals surface area contributed by atoms with Crippen LogP contribution in [0.25, 0.3) is 0 Å². The third-order valence-electron chi connectivity index (χ3n) is 4.54. The van der Waals surface area contributed by atoms with E-state index in [9.17, 15) is 0 Å². The average Bonchev–Trinajstić information content (AvgIpc) is 2.65. The van der Waals surface area contributed by atoms with Gasteiger partial charge in [0.15, 0.2) is 11.5 Å². The molecule has 0 atom stereocenters. The van der Waals surface area contributed by atoms with Gasteiger partial charge >= 0.3 is 0 Å². The zero-order valence-electron chi connectivity index (χ0n) is 18.7. The Bertz CT molecular complexity index is 530. The molecule has 0 aliphatic carbocycles. The molecule has 0 fully saturated rings. The van der Waals surface area contributed by atoms with Gasteiger partial charge in [0.2, 0.25) is 0 Å². The number of unbranched alkanes of at least 4 members (excludes halogenated alkanes) is 2. The van der Waals surface area contributed by atoms with E-state index in [1.54, 1.807) is 0 Å². The minimum Gasteiger partial charge on any atom is -0.490 e. The molecule has 1 aromatic rings. The first-order valence-corrected chi connectivity index (χ1v) is 11.4. The summed E-state index contributed by atoms with van der Waals surface area (Å²) in [5, 5.41) is 4.16. The van der Waals surface area contributed by atoms with Crippen molar-refractivity contribution in [3.8, 4) is 11.5 Å². The Morgan fingerprint density at radius 3 is 2.21 bits per heavy atom. The summed E-state index contributed by atoms with van der Waals surface area (Å²) in [5.41, 5.74) is 1.12. The Hall–Kier alpha value is -0.970. The van der Waals surface area contributed by atoms with E-state index in [0.717, 1.165) is 30.8 Å². The highest BCUT2D eigenvalue weighted by Crippen LogP contribution is 2.37. The zero-order chi connectivity index (χ0) is 20.8. The maximum atomic E-state index is 6.45. The molecular formula is C23H41ClN2O2. The fourth-order valence-electron chi connectivity index (χ4n) is 3.10. The Kier molecular flexibility index (Phi) is 13.4. The first-order chi connectivity index (χ1) is 13.5. The van der Waals surface area contributed by atoms with Crippen LogP contribution in [0.4, 0.5) is 0 Å². The summed E-state index contributed by atoms with van der Waals surface area (Å²) in [6.45, 7) is 16.5. The second kappa shape index (κ2) is 14.9. The lowest BCUT2D eigenvalue weighted by molar-refractivity contribution is 0.224. The highest BCUT2D eigenvalue weighted by atomic mass is 35.5. The number of hydrogen-bond donors (Lipinski definition) is 1. The van der Waals surface area contributed by atoms with Crippen LogP contribution in [0, 0.1) is 0 Å². The number of halogens is 1. The van der Waals surface area contributed by atoms with E-state index in [4.69, 9.17) is 21.1 Å². The Balaban J connectivity index is 2.51. The predicted molar refractivity (Wildman–Crippen MR) is 121 cm³/mol. The summed E-state index contributed by atoms with van der Waals surface area (Å²) in [6.07, 6.45) is 6.33. The molecule has 4 nitrogen and oxygen atoms in total. The van der Waals surface area contributed by atoms with Gasteiger partial charge in [-0.05, 0) is 83.9 Å². The molecule has 5 heteroatoms. The van der Waals surface area contributed by atoms with Crippen molar-refractivity contribution in [2.45, 2.75) is 79.4 Å². The molecule has 0 amide bonds. The summed E-state index contributed by atoms with van der Waals surface area (Å²) >= 11 is 6.45. The molecule has 0 aliphatic heterocycles. The molecule has 1 N–H and O–H groups in total. The van der Waals surface area contributed by atoms with Gasteiger partial charge < -0.3 is 19.7 Å². The molecule has 162 valence electrons. The van der Waals surface area contributed by atoms with Gasteiger partial charge in [-0.25, -0.2) is 0 Å². The lowest BCUT2D eigenvalue weighted by atomic mass is 10.2. The SMILES string of the molecule is CCCCN(CCCC)CCCNCc1cc(Cl)c(OC(C)C)c(OCC)c1. The molecule has 0 saturated heterocycles. The van der Waals surface area contributed by atoms with Crippen molar-refractivity contribution >= 4 is 11.6 Å². The summed E-state index contributed by atoms with van der Waals surface area (Å²) < 4.78 is 11.6. The number of hydrogen-bond acceptors (Lipinski definition) is 4. The highest BCUT2D eigenvalue weighted by Gasteiger charge is 2.14. The molecule has 0 bridgehead atoms. The molecule has 0 radical (unpaired) electrons. The minimum atomic E-state index is 0.0593. The maximum absolute atomic E-state index is 6.45. The quantitative estimate of drug-likeness (QED) is 0.342. The van der Waals surface area contributed by atoms with Crippen LogP contribution in [0.15, 0.2) is 12.1 Å². The van der Waals surface area contributed by atoms with Crippen molar-refractivity contribution < 1.29 is 9.47 Å². The number of benzene rings is 1. The van der Waals surface area contributed by atoms with Crippen LogP contribution in [-0.4, -0.2) is 43.8 Å². The van der Waals surface area contributed by atoms with Crippen LogP contribution in [0.1, 0.15) is 72.3 Å². The van der Waals surface area contributed by atoms with Crippen molar-refractivity contribution in [2.75, 3.05) is 32.8 Å². The van der Waals surface area contributed by atoms with E-state index in [1.165, 1.54) is 45.3 Å². The summed E-state index contributed by atoms with van der Waals surface area (Å²) in [5.74, 6) is 1.37. The molecular weight excluding hydrogens is 372 g/mol. The monoisotopic (exact) mass is 412 g/mol. The average molecular weight is 413 g/mol. The topological polar surface area (TPSA) is 33.7 Å². The number of nitrogens with zero attached hydrogens (tertiary/aromatic N) is 1. The van der Waals surface area contributed by atoms with Crippen LogP contribution < -0.4 is 14.8 Å². The second-order valence-corrected chi connectivity index (χ2v) is 7.99. The van der Waals surface area contributed by atoms with E-state index in [0.29, 0.717) is 17.4 Å². The van der Waals surface area contributed by atoms with Crippen LogP contribution >= 0.6 is 11.6 Å². The van der Waals surface area contributed by atoms with E-state index < -0.39 is 0 Å². The fourth-order valence-corrected chi connectivity index (χ4v) is 3.37. The maximum Gasteiger partial charge on any atom is 0.180 e. The molecule has 28 heavy (non-hydrogen) atoms. The van der Waals surface area contributed by atoms with E-state index in [-0.39, 0.29) is 6.10 Å². The molecule has 0 unspecified atom stereocenters. The summed E-state index contributed by atoms with van der Waals surface area (Å²) in [7, 11) is 0. The molecule has 0 aromatic heterocycles. The Morgan fingerprint density at radius 2 is 1.64 bits per heavy atom. The van der Waals surface area contributed by atoms with Crippen LogP contribution in [0.2, 0.25) is 5.02 Å². The minimum absolute atomic E-state index is 0.0593. The Labute approximate surface area is 177 Å². The van der Waals surface area contributed by atoms with E-state index >= 15 is 0 Å². The predicted octanol–water partition coefficient (Wildman–Crippen LogP) is 5.91. The number of ether oxygens (including phenoxy) is 2. The van der Waals surface area contributed by atoms with Gasteiger partial charge in [0.25, 0.3) is 0 Å². The number of rotatable bonds is 16. The molecule has 0 heterocycles. The molecule has 0 aliphatic rings. The van der Waals surface area contributed by atoms with Crippen molar-refractivity contribution in [3.63, 3.8) is 0 Å². The molecule has 0 saturated carbocycles. The van der Waals surface area contributed by atoms with Gasteiger partial charge in [-0.2, -0.15) is 0 Å². The smallest absolute Gasteiger partial charge is 0.180 e. The summed E-state index contributed by atoms with van der Waals surface area (Å²) in [4.78, 5) is 2.61. The van der Waals surface area contributed by atoms with Gasteiger partial charge in [-0.3, -0.25) is 0 Å². The van der Waals surface area contributed by atoms with Gasteiger partial charge in [0, 0.05) is 6.54 Å². The van der Waals surface area contributed by atoms with Crippen molar-refractivity contribution in [1.29, 1.82) is 0 Å². The van der Waals surface area contributed by atoms with Gasteiger partial charge in [0.1, 0.15) is 0 Å². The van der Waals surface area contributed by atoms with Crippen LogP contribution in [0.3, 0.4) is 0 Å². The summed E-state index contributed by atoms with van der Waals surface area (Å²) in [6, 6.07) is 4.01. The first kappa shape index (κ1) is 25.1. The van der Waals surface area contributed by atoms with E-state index in [2.05, 4.69) is 24.1 Å². The largest absolute Gasteiger partial charge is 0.490 e. The van der Waals surface area contributed by atoms with Crippen molar-refractivity contribution in [2.24, 2.45) is 0 Å². The van der Waals surface area contributed by atoms with E-state index in [1.807, 2.05) is 32.9 Å². The number of nitrogens with one attached hydrogen (secondary N) is 1. The lowest BCUT2D eigenvalue weighted by Gasteiger charge is -2.22. The third kappa shape index (κ3) is 9.99. The van der Waals surface area contributed by atoms with Gasteiger partial charge in [0.05, 0.1) is 17.7 Å². The highest BCUT2D eigenvalue weighted by molar-refractivity contribution is 6.32. The second-order valence-electron chi connectivity index (χ2n) is 7.58. The van der Waals surface area contributed by atoms with Crippen molar-refractivity contribution in [1.82, 2.24) is 10.2 Å². The fraction of sp³-hybridized carbons (Fsp3) is 0.739. The molecule has 0 spiro atoms. The van der Waals surface area contributed by atoms with Gasteiger partial charge in [-0.1, -0.05) is 38.3 Å². The van der Waals surface area contributed by atoms with Gasteiger partial charge in [-0.15, -0.1) is 0 Å². The third-order valence-corrected chi connectivity index (χ3v) is 4.82. The molecule has 1 rings (SSSR count). The van der Waals surface area contributed by atoms with Crippen LogP contribution in [0.5, 0.6) is 11.5 Å². The normalized spacial score (nSPS) is 11.4. The van der Waals surface area contributed by atoms with Crippen LogP contribution in [-0.2, 0) is 6.54 Å². The first-order valence-electron chi connectivity index (χ1n) is 11.1. The molecule has 1 aromatic carbocycles. The standard InChI is InChI=1S/C23H41ClN2O2/c1-6-9-13-26(14-10-7-2)15-11-12-25-18-20-16-21(24)23(28-19(4)5)22(17-20)27-8-3/h16-17,19,25H,6-15,18H2,1-5H3. The Morgan fingerprint density at radius 1 is 1.00 bits per heavy atom. The zero-order valence-corrected chi connectivity index (χ0v) is 19.4.